The van der Waals surface area contributed by atoms with Crippen LogP contribution >= 0.6 is 11.8 Å². The van der Waals surface area contributed by atoms with E-state index in [2.05, 4.69) is 17.1 Å². The molecule has 0 bridgehead atoms. The minimum atomic E-state index is 0.722. The quantitative estimate of drug-likeness (QED) is 0.839. The maximum Gasteiger partial charge on any atom is 0.156 e. The first-order valence-corrected chi connectivity index (χ1v) is 9.03. The third kappa shape index (κ3) is 3.66. The van der Waals surface area contributed by atoms with E-state index in [1.807, 2.05) is 11.8 Å². The van der Waals surface area contributed by atoms with Crippen LogP contribution in [0.5, 0.6) is 0 Å². The summed E-state index contributed by atoms with van der Waals surface area (Å²) in [6, 6.07) is 1.60. The average Bonchev–Trinajstić information content (AvgIpc) is 3.28. The van der Waals surface area contributed by atoms with Gasteiger partial charge in [0.15, 0.2) is 5.17 Å². The Hall–Kier alpha value is -0.220. The maximum atomic E-state index is 4.80. The van der Waals surface area contributed by atoms with E-state index in [-0.39, 0.29) is 0 Å². The summed E-state index contributed by atoms with van der Waals surface area (Å²) < 4.78 is 0. The van der Waals surface area contributed by atoms with Crippen LogP contribution in [-0.4, -0.2) is 47.5 Å². The molecule has 1 heterocycles. The van der Waals surface area contributed by atoms with E-state index in [9.17, 15) is 0 Å². The third-order valence-corrected chi connectivity index (χ3v) is 5.88. The van der Waals surface area contributed by atoms with Crippen molar-refractivity contribution in [3.8, 4) is 0 Å². The lowest BCUT2D eigenvalue weighted by atomic mass is 9.86. The van der Waals surface area contributed by atoms with E-state index in [1.165, 1.54) is 56.0 Å². The molecule has 3 aliphatic rings. The topological polar surface area (TPSA) is 27.6 Å². The van der Waals surface area contributed by atoms with Gasteiger partial charge in [0, 0.05) is 24.4 Å². The Kier molecular flexibility index (Phi) is 4.69. The number of amidine groups is 1. The lowest BCUT2D eigenvalue weighted by Crippen LogP contribution is -2.46. The first kappa shape index (κ1) is 13.7. The van der Waals surface area contributed by atoms with Gasteiger partial charge in [-0.2, -0.15) is 0 Å². The van der Waals surface area contributed by atoms with E-state index in [0.29, 0.717) is 0 Å². The van der Waals surface area contributed by atoms with Gasteiger partial charge >= 0.3 is 0 Å². The van der Waals surface area contributed by atoms with E-state index >= 15 is 0 Å². The number of nitrogens with one attached hydrogen (secondary N) is 1. The number of thioether (sulfide) groups is 1. The van der Waals surface area contributed by atoms with Crippen molar-refractivity contribution in [3.63, 3.8) is 0 Å². The number of hydrogen-bond donors (Lipinski definition) is 1. The lowest BCUT2D eigenvalue weighted by molar-refractivity contribution is 0.285. The Labute approximate surface area is 121 Å². The number of fused-ring (bicyclic) bond motifs is 1. The Morgan fingerprint density at radius 1 is 1.26 bits per heavy atom. The van der Waals surface area contributed by atoms with Crippen molar-refractivity contribution in [1.82, 2.24) is 10.2 Å². The molecule has 0 spiro atoms. The molecule has 2 atom stereocenters. The van der Waals surface area contributed by atoms with Crippen LogP contribution in [-0.2, 0) is 0 Å². The summed E-state index contributed by atoms with van der Waals surface area (Å²) in [6.45, 7) is 5.56. The highest BCUT2D eigenvalue weighted by molar-refractivity contribution is 8.13. The molecule has 4 heteroatoms. The van der Waals surface area contributed by atoms with Crippen molar-refractivity contribution in [1.29, 1.82) is 0 Å². The second-order valence-corrected chi connectivity index (χ2v) is 7.16. The van der Waals surface area contributed by atoms with Crippen LogP contribution in [0, 0.1) is 5.92 Å². The molecule has 2 saturated carbocycles. The van der Waals surface area contributed by atoms with Crippen molar-refractivity contribution in [3.05, 3.63) is 0 Å². The molecule has 1 aliphatic heterocycles. The molecule has 0 aromatic rings. The van der Waals surface area contributed by atoms with Crippen LogP contribution in [0.25, 0.3) is 0 Å². The second-order valence-electron chi connectivity index (χ2n) is 6.15. The predicted molar refractivity (Wildman–Crippen MR) is 83.9 cm³/mol. The predicted octanol–water partition coefficient (Wildman–Crippen LogP) is 2.72. The van der Waals surface area contributed by atoms with Crippen molar-refractivity contribution in [2.75, 3.05) is 25.4 Å². The molecular weight excluding hydrogens is 254 g/mol. The summed E-state index contributed by atoms with van der Waals surface area (Å²) >= 11 is 1.95. The number of rotatable bonds is 5. The monoisotopic (exact) mass is 281 g/mol. The fraction of sp³-hybridized carbons (Fsp3) is 0.933. The van der Waals surface area contributed by atoms with E-state index < -0.39 is 0 Å². The van der Waals surface area contributed by atoms with Crippen molar-refractivity contribution < 1.29 is 0 Å². The largest absolute Gasteiger partial charge is 0.362 e. The summed E-state index contributed by atoms with van der Waals surface area (Å²) in [5.41, 5.74) is 0. The highest BCUT2D eigenvalue weighted by Crippen LogP contribution is 2.31. The van der Waals surface area contributed by atoms with Gasteiger partial charge in [0.25, 0.3) is 0 Å². The van der Waals surface area contributed by atoms with Gasteiger partial charge in [0.1, 0.15) is 0 Å². The van der Waals surface area contributed by atoms with Crippen LogP contribution in [0.4, 0.5) is 0 Å². The van der Waals surface area contributed by atoms with E-state index in [4.69, 9.17) is 4.99 Å². The van der Waals surface area contributed by atoms with Crippen LogP contribution < -0.4 is 5.32 Å². The van der Waals surface area contributed by atoms with Gasteiger partial charge in [-0.3, -0.25) is 9.89 Å². The molecule has 0 aromatic carbocycles. The Balaban J connectivity index is 1.44. The molecule has 108 valence electrons. The second kappa shape index (κ2) is 6.49. The standard InChI is InChI=1S/C15H27N3S/c1-2-18(13-7-8-13)10-9-16-15-17-14-6-4-3-5-12(14)11-19-15/h12-14H,2-11H2,1H3,(H,16,17). The zero-order valence-corrected chi connectivity index (χ0v) is 12.9. The molecule has 2 aliphatic carbocycles. The van der Waals surface area contributed by atoms with Crippen LogP contribution in [0.3, 0.4) is 0 Å². The first-order chi connectivity index (χ1) is 9.36. The molecule has 19 heavy (non-hydrogen) atoms. The summed E-state index contributed by atoms with van der Waals surface area (Å²) in [6.07, 6.45) is 8.42. The minimum Gasteiger partial charge on any atom is -0.362 e. The van der Waals surface area contributed by atoms with Crippen LogP contribution in [0.15, 0.2) is 4.99 Å². The fourth-order valence-corrected chi connectivity index (χ4v) is 4.58. The third-order valence-electron chi connectivity index (χ3n) is 4.76. The Bertz CT molecular complexity index is 327. The molecule has 1 saturated heterocycles. The van der Waals surface area contributed by atoms with Gasteiger partial charge in [-0.25, -0.2) is 0 Å². The maximum absolute atomic E-state index is 4.80. The van der Waals surface area contributed by atoms with Crippen LogP contribution in [0.2, 0.25) is 0 Å². The summed E-state index contributed by atoms with van der Waals surface area (Å²) in [5, 5.41) is 4.90. The summed E-state index contributed by atoms with van der Waals surface area (Å²) in [4.78, 5) is 7.38. The molecular formula is C15H27N3S. The lowest BCUT2D eigenvalue weighted by Gasteiger charge is -2.36. The van der Waals surface area contributed by atoms with Gasteiger partial charge in [-0.15, -0.1) is 0 Å². The smallest absolute Gasteiger partial charge is 0.156 e. The molecule has 2 unspecified atom stereocenters. The first-order valence-electron chi connectivity index (χ1n) is 8.04. The highest BCUT2D eigenvalue weighted by atomic mass is 32.2. The molecule has 3 nitrogen and oxygen atoms in total. The van der Waals surface area contributed by atoms with Crippen molar-refractivity contribution >= 4 is 16.9 Å². The SMILES string of the molecule is CCN(CCN=C1NC2CCCCC2CS1)C1CC1. The van der Waals surface area contributed by atoms with Gasteiger partial charge < -0.3 is 5.32 Å². The van der Waals surface area contributed by atoms with Gasteiger partial charge in [0.05, 0.1) is 6.54 Å². The average molecular weight is 281 g/mol. The number of likely N-dealkylation sites (N-methyl/N-ethyl adjacent to an activating group) is 1. The molecule has 1 N–H and O–H groups in total. The Morgan fingerprint density at radius 2 is 2.11 bits per heavy atom. The van der Waals surface area contributed by atoms with Crippen molar-refractivity contribution in [2.45, 2.75) is 57.5 Å². The summed E-state index contributed by atoms with van der Waals surface area (Å²) in [5.74, 6) is 2.19. The van der Waals surface area contributed by atoms with Crippen molar-refractivity contribution in [2.24, 2.45) is 10.9 Å². The minimum absolute atomic E-state index is 0.722. The molecule has 3 rings (SSSR count). The van der Waals surface area contributed by atoms with E-state index in [0.717, 1.165) is 31.1 Å². The number of nitrogens with zero attached hydrogens (tertiary/aromatic N) is 2. The molecule has 0 amide bonds. The molecule has 3 fully saturated rings. The van der Waals surface area contributed by atoms with Gasteiger partial charge in [-0.05, 0) is 38.1 Å². The zero-order valence-electron chi connectivity index (χ0n) is 12.1. The summed E-state index contributed by atoms with van der Waals surface area (Å²) in [7, 11) is 0. The van der Waals surface area contributed by atoms with Crippen LogP contribution in [0.1, 0.15) is 45.4 Å². The van der Waals surface area contributed by atoms with E-state index in [1.54, 1.807) is 0 Å². The number of hydrogen-bond acceptors (Lipinski definition) is 3. The molecule has 0 aromatic heterocycles. The normalized spacial score (nSPS) is 33.3. The fourth-order valence-electron chi connectivity index (χ4n) is 3.39. The number of aliphatic imine (C=N–C) groups is 1. The Morgan fingerprint density at radius 3 is 2.89 bits per heavy atom. The zero-order chi connectivity index (χ0) is 13.1. The highest BCUT2D eigenvalue weighted by Gasteiger charge is 2.30. The van der Waals surface area contributed by atoms with Gasteiger partial charge in [-0.1, -0.05) is 31.5 Å². The van der Waals surface area contributed by atoms with Gasteiger partial charge in [0.2, 0.25) is 0 Å². The molecule has 0 radical (unpaired) electrons.